The summed E-state index contributed by atoms with van der Waals surface area (Å²) in [7, 11) is 0. The monoisotopic (exact) mass is 399 g/mol. The second-order valence-electron chi connectivity index (χ2n) is 6.23. The van der Waals surface area contributed by atoms with Crippen molar-refractivity contribution in [2.45, 2.75) is 23.1 Å². The summed E-state index contributed by atoms with van der Waals surface area (Å²) in [6.07, 6.45) is 2.39. The Hall–Kier alpha value is -3.49. The number of rotatable bonds is 7. The Morgan fingerprint density at radius 3 is 2.38 bits per heavy atom. The fraction of sp³-hybridized carbons (Fsp3) is 0.0833. The summed E-state index contributed by atoms with van der Waals surface area (Å²) >= 11 is 1.56. The van der Waals surface area contributed by atoms with E-state index in [4.69, 9.17) is 0 Å². The number of benzene rings is 3. The van der Waals surface area contributed by atoms with Gasteiger partial charge in [-0.15, -0.1) is 0 Å². The first kappa shape index (κ1) is 20.2. The standard InChI is InChI=1S/C24H21N3OS/c1-2-18-12-14-20(15-13-18)26-17-19(16-25)24(28)27-22-10-6-7-11-23(22)29-21-8-4-3-5-9-21/h3-15,17,26H,2H2,1H3,(H,27,28)/b19-17-. The molecule has 3 aromatic carbocycles. The highest BCUT2D eigenvalue weighted by atomic mass is 32.2. The van der Waals surface area contributed by atoms with Crippen molar-refractivity contribution in [3.8, 4) is 6.07 Å². The molecule has 29 heavy (non-hydrogen) atoms. The van der Waals surface area contributed by atoms with Gasteiger partial charge in [0.05, 0.1) is 5.69 Å². The van der Waals surface area contributed by atoms with Crippen molar-refractivity contribution in [2.75, 3.05) is 10.6 Å². The van der Waals surface area contributed by atoms with Crippen LogP contribution < -0.4 is 10.6 Å². The number of amides is 1. The Morgan fingerprint density at radius 1 is 1.00 bits per heavy atom. The van der Waals surface area contributed by atoms with Gasteiger partial charge in [0.1, 0.15) is 11.6 Å². The first-order valence-corrected chi connectivity index (χ1v) is 10.1. The van der Waals surface area contributed by atoms with Gasteiger partial charge in [-0.1, -0.05) is 61.2 Å². The molecule has 2 N–H and O–H groups in total. The fourth-order valence-electron chi connectivity index (χ4n) is 2.60. The number of aryl methyl sites for hydroxylation is 1. The Morgan fingerprint density at radius 2 is 1.69 bits per heavy atom. The highest BCUT2D eigenvalue weighted by Crippen LogP contribution is 2.33. The molecule has 1 amide bonds. The first-order chi connectivity index (χ1) is 14.2. The SMILES string of the molecule is CCc1ccc(N/C=C(/C#N)C(=O)Nc2ccccc2Sc2ccccc2)cc1. The van der Waals surface area contributed by atoms with Crippen LogP contribution in [0.1, 0.15) is 12.5 Å². The van der Waals surface area contributed by atoms with E-state index in [1.807, 2.05) is 84.9 Å². The zero-order valence-corrected chi connectivity index (χ0v) is 16.9. The van der Waals surface area contributed by atoms with E-state index in [9.17, 15) is 10.1 Å². The van der Waals surface area contributed by atoms with E-state index in [0.717, 1.165) is 21.9 Å². The van der Waals surface area contributed by atoms with E-state index in [-0.39, 0.29) is 5.57 Å². The van der Waals surface area contributed by atoms with Crippen LogP contribution in [0.3, 0.4) is 0 Å². The van der Waals surface area contributed by atoms with Gasteiger partial charge in [0, 0.05) is 21.7 Å². The van der Waals surface area contributed by atoms with Gasteiger partial charge >= 0.3 is 0 Å². The van der Waals surface area contributed by atoms with E-state index in [1.165, 1.54) is 11.8 Å². The molecular weight excluding hydrogens is 378 g/mol. The average molecular weight is 400 g/mol. The van der Waals surface area contributed by atoms with E-state index in [2.05, 4.69) is 17.6 Å². The van der Waals surface area contributed by atoms with Crippen LogP contribution in [0.15, 0.2) is 100 Å². The minimum absolute atomic E-state index is 0.00378. The molecule has 0 aromatic heterocycles. The summed E-state index contributed by atoms with van der Waals surface area (Å²) in [4.78, 5) is 14.6. The molecule has 3 aromatic rings. The Labute approximate surface area is 175 Å². The van der Waals surface area contributed by atoms with Crippen molar-refractivity contribution >= 4 is 29.0 Å². The van der Waals surface area contributed by atoms with Crippen LogP contribution in [0.5, 0.6) is 0 Å². The van der Waals surface area contributed by atoms with Gasteiger partial charge in [0.15, 0.2) is 0 Å². The maximum absolute atomic E-state index is 12.6. The van der Waals surface area contributed by atoms with Gasteiger partial charge in [-0.05, 0) is 48.4 Å². The Balaban J connectivity index is 1.71. The lowest BCUT2D eigenvalue weighted by Crippen LogP contribution is -2.15. The Bertz CT molecular complexity index is 1040. The molecule has 0 spiro atoms. The number of hydrogen-bond donors (Lipinski definition) is 2. The van der Waals surface area contributed by atoms with Crippen LogP contribution in [-0.4, -0.2) is 5.91 Å². The van der Waals surface area contributed by atoms with Crippen molar-refractivity contribution in [1.29, 1.82) is 5.26 Å². The zero-order chi connectivity index (χ0) is 20.5. The lowest BCUT2D eigenvalue weighted by molar-refractivity contribution is -0.112. The number of nitrogens with zero attached hydrogens (tertiary/aromatic N) is 1. The third kappa shape index (κ3) is 5.74. The van der Waals surface area contributed by atoms with E-state index < -0.39 is 5.91 Å². The Kier molecular flexibility index (Phi) is 7.10. The molecule has 144 valence electrons. The quantitative estimate of drug-likeness (QED) is 0.386. The number of carbonyl (C=O) groups excluding carboxylic acids is 1. The van der Waals surface area contributed by atoms with Gasteiger partial charge in [-0.2, -0.15) is 5.26 Å². The number of nitrogens with one attached hydrogen (secondary N) is 2. The highest BCUT2D eigenvalue weighted by molar-refractivity contribution is 7.99. The molecular formula is C24H21N3OS. The summed E-state index contributed by atoms with van der Waals surface area (Å²) in [6.45, 7) is 2.09. The van der Waals surface area contributed by atoms with Crippen LogP contribution in [0, 0.1) is 11.3 Å². The molecule has 0 fully saturated rings. The maximum atomic E-state index is 12.6. The molecule has 0 aliphatic carbocycles. The number of hydrogen-bond acceptors (Lipinski definition) is 4. The zero-order valence-electron chi connectivity index (χ0n) is 16.1. The predicted molar refractivity (Wildman–Crippen MR) is 119 cm³/mol. The van der Waals surface area contributed by atoms with Crippen molar-refractivity contribution < 1.29 is 4.79 Å². The largest absolute Gasteiger partial charge is 0.360 e. The fourth-order valence-corrected chi connectivity index (χ4v) is 3.53. The van der Waals surface area contributed by atoms with Crippen LogP contribution in [-0.2, 0) is 11.2 Å². The molecule has 0 atom stereocenters. The molecule has 4 nitrogen and oxygen atoms in total. The summed E-state index contributed by atoms with van der Waals surface area (Å²) in [5.41, 5.74) is 2.72. The minimum atomic E-state index is -0.453. The van der Waals surface area contributed by atoms with Crippen LogP contribution >= 0.6 is 11.8 Å². The number of carbonyl (C=O) groups is 1. The highest BCUT2D eigenvalue weighted by Gasteiger charge is 2.12. The van der Waals surface area contributed by atoms with Gasteiger partial charge in [-0.25, -0.2) is 0 Å². The summed E-state index contributed by atoms with van der Waals surface area (Å²) in [6, 6.07) is 27.3. The summed E-state index contributed by atoms with van der Waals surface area (Å²) < 4.78 is 0. The smallest absolute Gasteiger partial charge is 0.267 e. The molecule has 5 heteroatoms. The van der Waals surface area contributed by atoms with Crippen molar-refractivity contribution in [1.82, 2.24) is 0 Å². The normalized spacial score (nSPS) is 10.8. The second-order valence-corrected chi connectivity index (χ2v) is 7.35. The second kappa shape index (κ2) is 10.2. The molecule has 0 heterocycles. The average Bonchev–Trinajstić information content (AvgIpc) is 2.77. The molecule has 0 unspecified atom stereocenters. The van der Waals surface area contributed by atoms with Crippen molar-refractivity contribution in [2.24, 2.45) is 0 Å². The van der Waals surface area contributed by atoms with Crippen molar-refractivity contribution in [3.63, 3.8) is 0 Å². The summed E-state index contributed by atoms with van der Waals surface area (Å²) in [5, 5.41) is 15.3. The molecule has 0 bridgehead atoms. The van der Waals surface area contributed by atoms with Gasteiger partial charge < -0.3 is 10.6 Å². The van der Waals surface area contributed by atoms with Gasteiger partial charge in [0.2, 0.25) is 0 Å². The molecule has 0 aliphatic rings. The lowest BCUT2D eigenvalue weighted by atomic mass is 10.1. The molecule has 0 aliphatic heterocycles. The van der Waals surface area contributed by atoms with Crippen molar-refractivity contribution in [3.05, 3.63) is 96.2 Å². The van der Waals surface area contributed by atoms with Crippen LogP contribution in [0.2, 0.25) is 0 Å². The maximum Gasteiger partial charge on any atom is 0.267 e. The molecule has 0 saturated heterocycles. The minimum Gasteiger partial charge on any atom is -0.360 e. The summed E-state index contributed by atoms with van der Waals surface area (Å²) in [5.74, 6) is -0.453. The molecule has 0 radical (unpaired) electrons. The van der Waals surface area contributed by atoms with E-state index in [1.54, 1.807) is 11.8 Å². The predicted octanol–water partition coefficient (Wildman–Crippen LogP) is 5.86. The number of nitriles is 1. The molecule has 3 rings (SSSR count). The van der Waals surface area contributed by atoms with Gasteiger partial charge in [0.25, 0.3) is 5.91 Å². The van der Waals surface area contributed by atoms with Crippen LogP contribution in [0.4, 0.5) is 11.4 Å². The van der Waals surface area contributed by atoms with Crippen LogP contribution in [0.25, 0.3) is 0 Å². The third-order valence-corrected chi connectivity index (χ3v) is 5.30. The first-order valence-electron chi connectivity index (χ1n) is 9.28. The van der Waals surface area contributed by atoms with E-state index in [0.29, 0.717) is 5.69 Å². The lowest BCUT2D eigenvalue weighted by Gasteiger charge is -2.10. The topological polar surface area (TPSA) is 64.9 Å². The molecule has 0 saturated carbocycles. The van der Waals surface area contributed by atoms with E-state index >= 15 is 0 Å². The third-order valence-electron chi connectivity index (χ3n) is 4.22. The number of anilines is 2. The number of para-hydroxylation sites is 1. The van der Waals surface area contributed by atoms with Gasteiger partial charge in [-0.3, -0.25) is 4.79 Å².